The van der Waals surface area contributed by atoms with Crippen LogP contribution >= 0.6 is 0 Å². The number of hydrogen-bond donors (Lipinski definition) is 0. The summed E-state index contributed by atoms with van der Waals surface area (Å²) in [5.41, 5.74) is 0. The zero-order chi connectivity index (χ0) is 0. The largest absolute Gasteiger partial charge is 2.00 e. The number of hydrogen-bond acceptors (Lipinski definition) is 0. The first-order valence-corrected chi connectivity index (χ1v) is 0. The third kappa shape index (κ3) is 18.7. The first-order chi connectivity index (χ1) is 0. The van der Waals surface area contributed by atoms with Gasteiger partial charge in [-0.2, -0.15) is 0 Å². The molecule has 0 aromatic rings. The average Bonchev–Trinajstić information content (AvgIpc) is 0. The maximum Gasteiger partial charge on any atom is 2.00 e. The summed E-state index contributed by atoms with van der Waals surface area (Å²) in [6.07, 6.45) is 0. The van der Waals surface area contributed by atoms with Crippen molar-refractivity contribution in [2.45, 2.75) is 0 Å². The molecule has 28 valence electrons. The van der Waals surface area contributed by atoms with Crippen molar-refractivity contribution in [1.29, 1.82) is 0 Å². The van der Waals surface area contributed by atoms with E-state index in [0.717, 1.165) is 0 Å². The number of halogens is 2. The van der Waals surface area contributed by atoms with Crippen LogP contribution in [0.15, 0.2) is 0 Å². The van der Waals surface area contributed by atoms with E-state index in [9.17, 15) is 0 Å². The van der Waals surface area contributed by atoms with Crippen molar-refractivity contribution in [2.24, 2.45) is 0 Å². The molecule has 0 rings (SSSR count). The molecule has 0 aromatic carbocycles. The Balaban J connectivity index is 0. The zero-order valence-electron chi connectivity index (χ0n) is 4.67. The van der Waals surface area contributed by atoms with E-state index in [0.29, 0.717) is 0 Å². The van der Waals surface area contributed by atoms with Crippen LogP contribution in [0, 0.1) is 0 Å². The molecule has 0 aliphatic rings. The van der Waals surface area contributed by atoms with Crippen LogP contribution in [-0.2, 0) is 0 Å². The van der Waals surface area contributed by atoms with Gasteiger partial charge in [-0.15, -0.1) is 0 Å². The first-order valence-electron chi connectivity index (χ1n) is 0. The second-order valence-corrected chi connectivity index (χ2v) is 0. The van der Waals surface area contributed by atoms with Gasteiger partial charge in [-0.05, 0) is 0 Å². The van der Waals surface area contributed by atoms with Crippen LogP contribution in [0.25, 0.3) is 0 Å². The van der Waals surface area contributed by atoms with Gasteiger partial charge < -0.3 is 33.1 Å². The summed E-state index contributed by atoms with van der Waals surface area (Å²) in [4.78, 5) is 0. The van der Waals surface area contributed by atoms with Gasteiger partial charge in [0.1, 0.15) is 0 Å². The summed E-state index contributed by atoms with van der Waals surface area (Å²) < 4.78 is 0. The Morgan fingerprint density at radius 2 is 1.00 bits per heavy atom. The van der Waals surface area contributed by atoms with E-state index in [-0.39, 0.29) is 120 Å². The molecular formula is H4BaCaCl2O. The summed E-state index contributed by atoms with van der Waals surface area (Å²) >= 11 is 0. The smallest absolute Gasteiger partial charge is 1.00 e. The second kappa shape index (κ2) is 26.3. The molecule has 0 atom stereocenters. The van der Waals surface area contributed by atoms with E-state index < -0.39 is 0 Å². The molecule has 5 heavy (non-hydrogen) atoms. The topological polar surface area (TPSA) is 31.5 Å². The molecule has 0 heterocycles. The molecule has 0 amide bonds. The predicted molar refractivity (Wildman–Crippen MR) is 17.3 cm³/mol. The maximum atomic E-state index is 0. The molecule has 2 N–H and O–H groups in total. The molecular weight excluding hydrogens is 264 g/mol. The van der Waals surface area contributed by atoms with Crippen LogP contribution in [0.2, 0.25) is 0 Å². The number of rotatable bonds is 0. The monoisotopic (exact) mass is 268 g/mol. The van der Waals surface area contributed by atoms with E-state index in [4.69, 9.17) is 0 Å². The Morgan fingerprint density at radius 3 is 1.00 bits per heavy atom. The van der Waals surface area contributed by atoms with Crippen molar-refractivity contribution in [3.05, 3.63) is 0 Å². The SMILES string of the molecule is O.[Ba+2].[Ca+2].[Cl-].[Cl-].[H-].[H-]. The fourth-order valence-electron chi connectivity index (χ4n) is 0. The Kier molecular flexibility index (Phi) is 211. The summed E-state index contributed by atoms with van der Waals surface area (Å²) in [5.74, 6) is 0. The minimum absolute atomic E-state index is 0. The van der Waals surface area contributed by atoms with Crippen molar-refractivity contribution in [1.82, 2.24) is 0 Å². The minimum atomic E-state index is 0. The third-order valence-corrected chi connectivity index (χ3v) is 0. The Labute approximate surface area is 117 Å². The summed E-state index contributed by atoms with van der Waals surface area (Å²) in [7, 11) is 0. The fourth-order valence-corrected chi connectivity index (χ4v) is 0. The average molecular weight is 268 g/mol. The summed E-state index contributed by atoms with van der Waals surface area (Å²) in [5, 5.41) is 0. The van der Waals surface area contributed by atoms with Gasteiger partial charge in [-0.1, -0.05) is 0 Å². The molecule has 0 unspecified atom stereocenters. The van der Waals surface area contributed by atoms with E-state index in [2.05, 4.69) is 0 Å². The zero-order valence-corrected chi connectivity index (χ0v) is 10.8. The van der Waals surface area contributed by atoms with Gasteiger partial charge in [0.05, 0.1) is 0 Å². The van der Waals surface area contributed by atoms with Crippen LogP contribution in [0.4, 0.5) is 0 Å². The van der Waals surface area contributed by atoms with Crippen LogP contribution in [0.3, 0.4) is 0 Å². The van der Waals surface area contributed by atoms with Gasteiger partial charge in [0.2, 0.25) is 0 Å². The third-order valence-electron chi connectivity index (χ3n) is 0. The Bertz CT molecular complexity index is 15.7. The fraction of sp³-hybridized carbons (Fsp3) is 0. The molecule has 0 aromatic heterocycles. The van der Waals surface area contributed by atoms with Crippen molar-refractivity contribution in [3.63, 3.8) is 0 Å². The van der Waals surface area contributed by atoms with Crippen molar-refractivity contribution >= 4 is 86.6 Å². The molecule has 0 aliphatic carbocycles. The van der Waals surface area contributed by atoms with Gasteiger partial charge in [0.25, 0.3) is 0 Å². The second-order valence-electron chi connectivity index (χ2n) is 0. The van der Waals surface area contributed by atoms with Crippen molar-refractivity contribution in [3.8, 4) is 0 Å². The molecule has 5 heteroatoms. The van der Waals surface area contributed by atoms with Crippen LogP contribution < -0.4 is 24.8 Å². The van der Waals surface area contributed by atoms with Gasteiger partial charge in [0, 0.05) is 0 Å². The van der Waals surface area contributed by atoms with E-state index >= 15 is 0 Å². The van der Waals surface area contributed by atoms with Crippen molar-refractivity contribution < 1.29 is 33.1 Å². The van der Waals surface area contributed by atoms with E-state index in [1.165, 1.54) is 0 Å². The molecule has 1 nitrogen and oxygen atoms in total. The van der Waals surface area contributed by atoms with Crippen LogP contribution in [0.5, 0.6) is 0 Å². The van der Waals surface area contributed by atoms with Crippen molar-refractivity contribution in [2.75, 3.05) is 0 Å². The van der Waals surface area contributed by atoms with Crippen LogP contribution in [-0.4, -0.2) is 92.1 Å². The molecule has 0 bridgehead atoms. The van der Waals surface area contributed by atoms with E-state index in [1.54, 1.807) is 0 Å². The molecule has 0 aliphatic heterocycles. The van der Waals surface area contributed by atoms with E-state index in [1.807, 2.05) is 0 Å². The summed E-state index contributed by atoms with van der Waals surface area (Å²) in [6.45, 7) is 0. The molecule has 0 saturated carbocycles. The molecule has 0 saturated heterocycles. The van der Waals surface area contributed by atoms with Gasteiger partial charge in [-0.25, -0.2) is 0 Å². The Hall–Kier alpha value is 3.37. The minimum Gasteiger partial charge on any atom is -1.00 e. The molecule has 0 radical (unpaired) electrons. The molecule has 0 fully saturated rings. The molecule has 0 spiro atoms. The first kappa shape index (κ1) is 40.0. The Morgan fingerprint density at radius 1 is 1.00 bits per heavy atom. The quantitative estimate of drug-likeness (QED) is 0.391. The predicted octanol–water partition coefficient (Wildman–Crippen LogP) is -7.35. The van der Waals surface area contributed by atoms with Crippen LogP contribution in [0.1, 0.15) is 2.85 Å². The van der Waals surface area contributed by atoms with Gasteiger partial charge in [0.15, 0.2) is 0 Å². The van der Waals surface area contributed by atoms with Gasteiger partial charge in [-0.3, -0.25) is 0 Å². The summed E-state index contributed by atoms with van der Waals surface area (Å²) in [6, 6.07) is 0. The van der Waals surface area contributed by atoms with Gasteiger partial charge >= 0.3 is 86.6 Å². The maximum absolute atomic E-state index is 0. The standard InChI is InChI=1S/Ba.Ca.2ClH.H2O.2H/h;;2*1H;1H2;;/q2*+2;;;;2*-1/p-2. The normalized spacial score (nSPS) is 0.